The van der Waals surface area contributed by atoms with Crippen molar-refractivity contribution >= 4 is 5.95 Å². The maximum atomic E-state index is 5.53. The molecule has 3 heterocycles. The third kappa shape index (κ3) is 7.55. The molecule has 0 saturated carbocycles. The van der Waals surface area contributed by atoms with Crippen LogP contribution in [0.4, 0.5) is 5.95 Å². The van der Waals surface area contributed by atoms with E-state index in [4.69, 9.17) is 34.0 Å². The van der Waals surface area contributed by atoms with Crippen LogP contribution in [-0.2, 0) is 24.0 Å². The summed E-state index contributed by atoms with van der Waals surface area (Å²) in [4.78, 5) is 18.8. The van der Waals surface area contributed by atoms with Crippen molar-refractivity contribution in [1.29, 1.82) is 0 Å². The molecule has 43 heavy (non-hydrogen) atoms. The number of ether oxygens (including phenoxy) is 4. The fourth-order valence-electron chi connectivity index (χ4n) is 4.85. The minimum Gasteiger partial charge on any atom is -0.497 e. The fraction of sp³-hybridized carbons (Fsp3) is 0.344. The zero-order valence-corrected chi connectivity index (χ0v) is 25.2. The number of methoxy groups -OCH3 is 4. The van der Waals surface area contributed by atoms with E-state index in [0.29, 0.717) is 54.9 Å². The number of nitrogens with zero attached hydrogens (tertiary/aromatic N) is 6. The summed E-state index contributed by atoms with van der Waals surface area (Å²) in [5.74, 6) is 4.64. The molecular weight excluding hydrogens is 546 g/mol. The zero-order chi connectivity index (χ0) is 30.2. The van der Waals surface area contributed by atoms with Crippen molar-refractivity contribution in [2.45, 2.75) is 38.7 Å². The average molecular weight is 584 g/mol. The van der Waals surface area contributed by atoms with Gasteiger partial charge in [0.1, 0.15) is 17.4 Å². The van der Waals surface area contributed by atoms with Crippen LogP contribution in [0.1, 0.15) is 35.0 Å². The number of anilines is 1. The van der Waals surface area contributed by atoms with Crippen LogP contribution in [0.15, 0.2) is 66.4 Å². The Balaban J connectivity index is 1.42. The maximum absolute atomic E-state index is 5.53. The highest BCUT2D eigenvalue weighted by molar-refractivity contribution is 5.44. The second-order valence-electron chi connectivity index (χ2n) is 10.1. The van der Waals surface area contributed by atoms with Crippen LogP contribution in [0.2, 0.25) is 0 Å². The molecule has 0 amide bonds. The van der Waals surface area contributed by atoms with Gasteiger partial charge in [0, 0.05) is 49.8 Å². The van der Waals surface area contributed by atoms with Crippen LogP contribution in [0, 0.1) is 6.92 Å². The summed E-state index contributed by atoms with van der Waals surface area (Å²) in [6, 6.07) is 11.6. The average Bonchev–Trinajstić information content (AvgIpc) is 3.45. The molecule has 224 valence electrons. The van der Waals surface area contributed by atoms with Crippen molar-refractivity contribution in [2.75, 3.05) is 40.3 Å². The summed E-state index contributed by atoms with van der Waals surface area (Å²) < 4.78 is 23.5. The lowest BCUT2D eigenvalue weighted by Crippen LogP contribution is -2.12. The smallest absolute Gasteiger partial charge is 0.243 e. The van der Waals surface area contributed by atoms with Gasteiger partial charge < -0.3 is 24.3 Å². The van der Waals surface area contributed by atoms with Crippen LogP contribution in [-0.4, -0.2) is 70.8 Å². The summed E-state index contributed by atoms with van der Waals surface area (Å²) in [6.07, 6.45) is 10.9. The highest BCUT2D eigenvalue weighted by Crippen LogP contribution is 2.29. The van der Waals surface area contributed by atoms with Crippen LogP contribution in [0.5, 0.6) is 17.2 Å². The van der Waals surface area contributed by atoms with Gasteiger partial charge in [-0.3, -0.25) is 4.98 Å². The first kappa shape index (κ1) is 29.7. The van der Waals surface area contributed by atoms with Crippen LogP contribution < -0.4 is 19.5 Å². The molecule has 1 aliphatic carbocycles. The Bertz CT molecular complexity index is 1620. The molecule has 0 aliphatic heterocycles. The van der Waals surface area contributed by atoms with E-state index in [-0.39, 0.29) is 6.10 Å². The van der Waals surface area contributed by atoms with E-state index in [9.17, 15) is 0 Å². The third-order valence-corrected chi connectivity index (χ3v) is 7.13. The van der Waals surface area contributed by atoms with E-state index in [1.54, 1.807) is 39.3 Å². The predicted octanol–water partition coefficient (Wildman–Crippen LogP) is 4.48. The summed E-state index contributed by atoms with van der Waals surface area (Å²) in [7, 11) is 6.62. The molecule has 11 heteroatoms. The molecule has 0 spiro atoms. The first-order valence-electron chi connectivity index (χ1n) is 14.1. The van der Waals surface area contributed by atoms with Gasteiger partial charge in [-0.2, -0.15) is 9.67 Å². The number of benzene rings is 1. The van der Waals surface area contributed by atoms with Gasteiger partial charge in [-0.1, -0.05) is 24.3 Å². The van der Waals surface area contributed by atoms with Crippen molar-refractivity contribution < 1.29 is 18.9 Å². The number of aryl methyl sites for hydroxylation is 3. The summed E-state index contributed by atoms with van der Waals surface area (Å²) in [5.41, 5.74) is 3.97. The third-order valence-electron chi connectivity index (χ3n) is 7.13. The molecule has 4 aromatic rings. The van der Waals surface area contributed by atoms with Gasteiger partial charge in [-0.25, -0.2) is 9.97 Å². The van der Waals surface area contributed by atoms with Crippen molar-refractivity contribution in [2.24, 2.45) is 0 Å². The number of hydrogen-bond acceptors (Lipinski definition) is 10. The van der Waals surface area contributed by atoms with Gasteiger partial charge in [0.05, 0.1) is 27.4 Å². The first-order chi connectivity index (χ1) is 21.0. The number of pyridine rings is 1. The highest BCUT2D eigenvalue weighted by atomic mass is 16.5. The highest BCUT2D eigenvalue weighted by Gasteiger charge is 2.17. The van der Waals surface area contributed by atoms with Crippen molar-refractivity contribution in [3.63, 3.8) is 0 Å². The van der Waals surface area contributed by atoms with E-state index < -0.39 is 0 Å². The van der Waals surface area contributed by atoms with E-state index in [0.717, 1.165) is 40.5 Å². The number of hydrogen-bond donors (Lipinski definition) is 1. The molecular formula is C32H37N7O4. The SMILES string of the molecule is COc1ccnc(CCc2cc(-n3nc(NCC4=CCC(OC)C=C4)nc3Cc3ccc(OC)c(OC)c3)nc(C)n2)c1. The van der Waals surface area contributed by atoms with Crippen LogP contribution in [0.25, 0.3) is 5.82 Å². The summed E-state index contributed by atoms with van der Waals surface area (Å²) >= 11 is 0. The lowest BCUT2D eigenvalue weighted by atomic mass is 10.1. The van der Waals surface area contributed by atoms with Crippen molar-refractivity contribution in [1.82, 2.24) is 29.7 Å². The van der Waals surface area contributed by atoms with E-state index in [1.807, 2.05) is 43.3 Å². The van der Waals surface area contributed by atoms with Gasteiger partial charge in [-0.15, -0.1) is 5.10 Å². The Kier molecular flexibility index (Phi) is 9.63. The molecule has 1 N–H and O–H groups in total. The van der Waals surface area contributed by atoms with Crippen LogP contribution in [0.3, 0.4) is 0 Å². The molecule has 1 atom stereocenters. The largest absolute Gasteiger partial charge is 0.497 e. The van der Waals surface area contributed by atoms with Gasteiger partial charge in [0.15, 0.2) is 17.3 Å². The number of rotatable bonds is 13. The van der Waals surface area contributed by atoms with Crippen LogP contribution >= 0.6 is 0 Å². The molecule has 1 unspecified atom stereocenters. The monoisotopic (exact) mass is 583 g/mol. The van der Waals surface area contributed by atoms with E-state index >= 15 is 0 Å². The topological polar surface area (TPSA) is 118 Å². The summed E-state index contributed by atoms with van der Waals surface area (Å²) in [5, 5.41) is 8.21. The minimum absolute atomic E-state index is 0.115. The Hall–Kier alpha value is -4.77. The number of aromatic nitrogens is 6. The molecule has 5 rings (SSSR count). The van der Waals surface area contributed by atoms with E-state index in [1.165, 1.54) is 0 Å². The van der Waals surface area contributed by atoms with E-state index in [2.05, 4.69) is 33.5 Å². The maximum Gasteiger partial charge on any atom is 0.243 e. The Morgan fingerprint density at radius 1 is 0.907 bits per heavy atom. The van der Waals surface area contributed by atoms with Gasteiger partial charge in [0.25, 0.3) is 0 Å². The lowest BCUT2D eigenvalue weighted by molar-refractivity contribution is 0.142. The first-order valence-corrected chi connectivity index (χ1v) is 14.1. The quantitative estimate of drug-likeness (QED) is 0.241. The normalized spacial score (nSPS) is 14.3. The van der Waals surface area contributed by atoms with Gasteiger partial charge in [0.2, 0.25) is 5.95 Å². The molecule has 1 aliphatic rings. The fourth-order valence-corrected chi connectivity index (χ4v) is 4.85. The second kappa shape index (κ2) is 13.9. The van der Waals surface area contributed by atoms with Crippen molar-refractivity contribution in [3.05, 3.63) is 95.0 Å². The minimum atomic E-state index is 0.115. The Labute approximate surface area is 251 Å². The molecule has 0 radical (unpaired) electrons. The molecule has 3 aromatic heterocycles. The van der Waals surface area contributed by atoms with Crippen molar-refractivity contribution in [3.8, 4) is 23.1 Å². The van der Waals surface area contributed by atoms with Gasteiger partial charge in [-0.05, 0) is 55.5 Å². The molecule has 11 nitrogen and oxygen atoms in total. The molecule has 0 fully saturated rings. The number of nitrogens with one attached hydrogen (secondary N) is 1. The van der Waals surface area contributed by atoms with Gasteiger partial charge >= 0.3 is 0 Å². The lowest BCUT2D eigenvalue weighted by Gasteiger charge is -2.14. The standard InChI is InChI=1S/C32H37N7O4/c1-21-35-25(10-9-24-18-27(41-3)14-15-33-24)19-31(36-21)39-30(17-23-8-13-28(42-4)29(16-23)43-5)37-32(38-39)34-20-22-6-11-26(40-2)12-7-22/h6-8,11,13-16,18-19,26H,9-10,12,17,20H2,1-5H3,(H,34,38). The Morgan fingerprint density at radius 3 is 2.49 bits per heavy atom. The molecule has 1 aromatic carbocycles. The molecule has 0 saturated heterocycles. The zero-order valence-electron chi connectivity index (χ0n) is 25.2. The predicted molar refractivity (Wildman–Crippen MR) is 163 cm³/mol. The second-order valence-corrected chi connectivity index (χ2v) is 10.1. The summed E-state index contributed by atoms with van der Waals surface area (Å²) in [6.45, 7) is 2.48. The Morgan fingerprint density at radius 2 is 1.74 bits per heavy atom. The molecule has 0 bridgehead atoms.